The number of aliphatic hydroxyl groups excluding tert-OH is 1. The van der Waals surface area contributed by atoms with Crippen molar-refractivity contribution in [1.82, 2.24) is 10.3 Å². The van der Waals surface area contributed by atoms with E-state index < -0.39 is 0 Å². The number of unbranched alkanes of at least 4 members (excludes halogenated alkanes) is 3. The van der Waals surface area contributed by atoms with Crippen molar-refractivity contribution in [1.29, 1.82) is 0 Å². The van der Waals surface area contributed by atoms with Crippen molar-refractivity contribution in [3.63, 3.8) is 0 Å². The second kappa shape index (κ2) is 8.06. The molecule has 1 aromatic heterocycles. The maximum absolute atomic E-state index is 11.8. The van der Waals surface area contributed by atoms with E-state index >= 15 is 0 Å². The van der Waals surface area contributed by atoms with Crippen molar-refractivity contribution in [2.75, 3.05) is 13.2 Å². The molecule has 0 atom stereocenters. The lowest BCUT2D eigenvalue weighted by Gasteiger charge is -2.06. The fraction of sp³-hybridized carbons (Fsp3) is 0.538. The van der Waals surface area contributed by atoms with Gasteiger partial charge in [0.25, 0.3) is 5.91 Å². The summed E-state index contributed by atoms with van der Waals surface area (Å²) >= 11 is 5.80. The van der Waals surface area contributed by atoms with Crippen molar-refractivity contribution in [2.45, 2.75) is 32.6 Å². The van der Waals surface area contributed by atoms with Crippen molar-refractivity contribution in [2.24, 2.45) is 0 Å². The molecule has 1 aromatic rings. The highest BCUT2D eigenvalue weighted by atomic mass is 35.5. The number of nitrogens with zero attached hydrogens (tertiary/aromatic N) is 1. The smallest absolute Gasteiger partial charge is 0.251 e. The first-order chi connectivity index (χ1) is 8.63. The Labute approximate surface area is 112 Å². The molecular weight excluding hydrogens is 252 g/mol. The molecule has 0 spiro atoms. The minimum absolute atomic E-state index is 0.121. The van der Waals surface area contributed by atoms with Gasteiger partial charge in [0.2, 0.25) is 0 Å². The van der Waals surface area contributed by atoms with Gasteiger partial charge in [0.1, 0.15) is 5.15 Å². The molecule has 0 aliphatic carbocycles. The average molecular weight is 271 g/mol. The highest BCUT2D eigenvalue weighted by molar-refractivity contribution is 6.29. The molecule has 1 rings (SSSR count). The van der Waals surface area contributed by atoms with Crippen molar-refractivity contribution in [3.8, 4) is 0 Å². The predicted octanol–water partition coefficient (Wildman–Crippen LogP) is 2.33. The number of rotatable bonds is 7. The Morgan fingerprint density at radius 3 is 2.72 bits per heavy atom. The van der Waals surface area contributed by atoms with Crippen molar-refractivity contribution < 1.29 is 9.90 Å². The quantitative estimate of drug-likeness (QED) is 0.590. The highest BCUT2D eigenvalue weighted by Crippen LogP contribution is 2.10. The fourth-order valence-electron chi connectivity index (χ4n) is 1.65. The van der Waals surface area contributed by atoms with Gasteiger partial charge < -0.3 is 10.4 Å². The zero-order valence-electron chi connectivity index (χ0n) is 10.6. The lowest BCUT2D eigenvalue weighted by molar-refractivity contribution is 0.0952. The van der Waals surface area contributed by atoms with E-state index in [1.807, 2.05) is 0 Å². The molecule has 5 heteroatoms. The van der Waals surface area contributed by atoms with Crippen LogP contribution in [0.2, 0.25) is 5.15 Å². The second-order valence-electron chi connectivity index (χ2n) is 4.21. The average Bonchev–Trinajstić information content (AvgIpc) is 2.32. The molecule has 0 aromatic carbocycles. The van der Waals surface area contributed by atoms with E-state index in [2.05, 4.69) is 10.3 Å². The van der Waals surface area contributed by atoms with Gasteiger partial charge in [-0.15, -0.1) is 0 Å². The number of nitrogens with one attached hydrogen (secondary N) is 1. The number of amides is 1. The fourth-order valence-corrected chi connectivity index (χ4v) is 1.90. The number of hydrogen-bond acceptors (Lipinski definition) is 3. The van der Waals surface area contributed by atoms with E-state index in [4.69, 9.17) is 16.7 Å². The standard InChI is InChI=1S/C13H19ClN2O2/c1-10-8-11(9-12(14)16-10)13(18)15-6-4-2-3-5-7-17/h8-9,17H,2-7H2,1H3,(H,15,18). The van der Waals surface area contributed by atoms with Crippen LogP contribution in [0, 0.1) is 6.92 Å². The van der Waals surface area contributed by atoms with Crippen LogP contribution in [0.5, 0.6) is 0 Å². The summed E-state index contributed by atoms with van der Waals surface area (Å²) in [6, 6.07) is 3.28. The summed E-state index contributed by atoms with van der Waals surface area (Å²) in [5, 5.41) is 11.8. The third kappa shape index (κ3) is 5.47. The Balaban J connectivity index is 2.32. The van der Waals surface area contributed by atoms with Crippen LogP contribution in [-0.4, -0.2) is 29.1 Å². The monoisotopic (exact) mass is 270 g/mol. The van der Waals surface area contributed by atoms with Crippen molar-refractivity contribution in [3.05, 3.63) is 28.5 Å². The first-order valence-corrected chi connectivity index (χ1v) is 6.54. The third-order valence-corrected chi connectivity index (χ3v) is 2.75. The summed E-state index contributed by atoms with van der Waals surface area (Å²) in [6.07, 6.45) is 3.75. The molecule has 0 bridgehead atoms. The highest BCUT2D eigenvalue weighted by Gasteiger charge is 2.06. The molecule has 0 fully saturated rings. The summed E-state index contributed by atoms with van der Waals surface area (Å²) in [7, 11) is 0. The number of carbonyl (C=O) groups excluding carboxylic acids is 1. The first kappa shape index (κ1) is 14.9. The van der Waals surface area contributed by atoms with Gasteiger partial charge in [-0.2, -0.15) is 0 Å². The Morgan fingerprint density at radius 1 is 1.33 bits per heavy atom. The molecule has 1 amide bonds. The Hall–Kier alpha value is -1.13. The molecule has 4 nitrogen and oxygen atoms in total. The number of aliphatic hydroxyl groups is 1. The molecule has 0 aliphatic rings. The zero-order chi connectivity index (χ0) is 13.4. The van der Waals surface area contributed by atoms with Gasteiger partial charge in [0.05, 0.1) is 0 Å². The Morgan fingerprint density at radius 2 is 2.06 bits per heavy atom. The Bertz CT molecular complexity index is 376. The number of halogens is 1. The molecule has 0 radical (unpaired) electrons. The van der Waals surface area contributed by atoms with Crippen LogP contribution in [0.15, 0.2) is 12.1 Å². The number of carbonyl (C=O) groups is 1. The first-order valence-electron chi connectivity index (χ1n) is 6.16. The van der Waals surface area contributed by atoms with Gasteiger partial charge in [-0.3, -0.25) is 4.79 Å². The van der Waals surface area contributed by atoms with Crippen LogP contribution in [0.1, 0.15) is 41.7 Å². The van der Waals surface area contributed by atoms with E-state index in [1.54, 1.807) is 19.1 Å². The summed E-state index contributed by atoms with van der Waals surface area (Å²) in [4.78, 5) is 15.8. The van der Waals surface area contributed by atoms with Gasteiger partial charge in [-0.25, -0.2) is 4.98 Å². The minimum Gasteiger partial charge on any atom is -0.396 e. The number of pyridine rings is 1. The van der Waals surface area contributed by atoms with E-state index in [0.29, 0.717) is 17.3 Å². The maximum Gasteiger partial charge on any atom is 0.251 e. The lowest BCUT2D eigenvalue weighted by atomic mass is 10.2. The Kier molecular flexibility index (Phi) is 6.68. The second-order valence-corrected chi connectivity index (χ2v) is 4.60. The normalized spacial score (nSPS) is 10.4. The van der Waals surface area contributed by atoms with Gasteiger partial charge >= 0.3 is 0 Å². The third-order valence-electron chi connectivity index (χ3n) is 2.55. The van der Waals surface area contributed by atoms with Gasteiger partial charge in [-0.05, 0) is 31.9 Å². The van der Waals surface area contributed by atoms with E-state index in [-0.39, 0.29) is 12.5 Å². The van der Waals surface area contributed by atoms with E-state index in [1.165, 1.54) is 0 Å². The largest absolute Gasteiger partial charge is 0.396 e. The van der Waals surface area contributed by atoms with E-state index in [0.717, 1.165) is 31.4 Å². The minimum atomic E-state index is -0.121. The number of aromatic nitrogens is 1. The molecule has 18 heavy (non-hydrogen) atoms. The molecule has 100 valence electrons. The van der Waals surface area contributed by atoms with Gasteiger partial charge in [0.15, 0.2) is 0 Å². The van der Waals surface area contributed by atoms with Gasteiger partial charge in [0, 0.05) is 24.4 Å². The number of aryl methyl sites for hydroxylation is 1. The zero-order valence-corrected chi connectivity index (χ0v) is 11.3. The molecule has 0 aliphatic heterocycles. The summed E-state index contributed by atoms with van der Waals surface area (Å²) < 4.78 is 0. The number of hydrogen-bond donors (Lipinski definition) is 2. The molecule has 2 N–H and O–H groups in total. The summed E-state index contributed by atoms with van der Waals surface area (Å²) in [6.45, 7) is 2.68. The predicted molar refractivity (Wildman–Crippen MR) is 71.9 cm³/mol. The summed E-state index contributed by atoms with van der Waals surface area (Å²) in [5.41, 5.74) is 1.28. The van der Waals surface area contributed by atoms with Crippen LogP contribution in [-0.2, 0) is 0 Å². The van der Waals surface area contributed by atoms with Crippen LogP contribution in [0.3, 0.4) is 0 Å². The lowest BCUT2D eigenvalue weighted by Crippen LogP contribution is -2.24. The van der Waals surface area contributed by atoms with E-state index in [9.17, 15) is 4.79 Å². The molecule has 0 unspecified atom stereocenters. The van der Waals surface area contributed by atoms with Crippen LogP contribution in [0.25, 0.3) is 0 Å². The molecule has 1 heterocycles. The maximum atomic E-state index is 11.8. The van der Waals surface area contributed by atoms with Crippen molar-refractivity contribution >= 4 is 17.5 Å². The SMILES string of the molecule is Cc1cc(C(=O)NCCCCCCO)cc(Cl)n1. The van der Waals surface area contributed by atoms with Crippen LogP contribution in [0.4, 0.5) is 0 Å². The van der Waals surface area contributed by atoms with Gasteiger partial charge in [-0.1, -0.05) is 24.4 Å². The molecule has 0 saturated heterocycles. The summed E-state index contributed by atoms with van der Waals surface area (Å²) in [5.74, 6) is -0.121. The molecular formula is C13H19ClN2O2. The van der Waals surface area contributed by atoms with Crippen LogP contribution >= 0.6 is 11.6 Å². The molecule has 0 saturated carbocycles. The topological polar surface area (TPSA) is 62.2 Å². The van der Waals surface area contributed by atoms with Crippen LogP contribution < -0.4 is 5.32 Å².